The van der Waals surface area contributed by atoms with Gasteiger partial charge in [0.2, 0.25) is 0 Å². The van der Waals surface area contributed by atoms with Gasteiger partial charge in [-0.15, -0.1) is 16.4 Å². The molecular weight excluding hydrogens is 310 g/mol. The summed E-state index contributed by atoms with van der Waals surface area (Å²) in [4.78, 5) is 13.4. The van der Waals surface area contributed by atoms with E-state index in [0.717, 1.165) is 15.6 Å². The molecule has 2 aromatic carbocycles. The molecule has 6 heteroatoms. The van der Waals surface area contributed by atoms with Crippen molar-refractivity contribution in [2.45, 2.75) is 0 Å². The summed E-state index contributed by atoms with van der Waals surface area (Å²) < 4.78 is 5.49. The van der Waals surface area contributed by atoms with Gasteiger partial charge in [0.05, 0.1) is 4.88 Å². The van der Waals surface area contributed by atoms with Crippen molar-refractivity contribution in [3.05, 3.63) is 65.5 Å². The van der Waals surface area contributed by atoms with Gasteiger partial charge in [-0.1, -0.05) is 47.6 Å². The third-order valence-electron chi connectivity index (χ3n) is 3.41. The van der Waals surface area contributed by atoms with Crippen LogP contribution in [0.1, 0.15) is 10.4 Å². The zero-order valence-electron chi connectivity index (χ0n) is 11.9. The van der Waals surface area contributed by atoms with E-state index < -0.39 is 0 Å². The van der Waals surface area contributed by atoms with Gasteiger partial charge in [0, 0.05) is 5.56 Å². The molecule has 4 aromatic rings. The number of thiophene rings is 1. The van der Waals surface area contributed by atoms with Crippen molar-refractivity contribution < 1.29 is 9.21 Å². The standard InChI is InChI=1S/C17H11N3O2S/c21-15(13-8-3-6-11-5-1-2-7-12(11)13)18-17-20-19-16(22-17)14-9-4-10-23-14/h1-10H,(H,18,20,21). The first-order valence-corrected chi connectivity index (χ1v) is 7.86. The summed E-state index contributed by atoms with van der Waals surface area (Å²) >= 11 is 1.50. The quantitative estimate of drug-likeness (QED) is 0.614. The first kappa shape index (κ1) is 13.7. The maximum absolute atomic E-state index is 12.5. The molecule has 0 saturated carbocycles. The number of nitrogens with zero attached hydrogens (tertiary/aromatic N) is 2. The van der Waals surface area contributed by atoms with Crippen molar-refractivity contribution in [3.8, 4) is 10.8 Å². The Balaban J connectivity index is 1.62. The van der Waals surface area contributed by atoms with Gasteiger partial charge in [-0.2, -0.15) is 0 Å². The Morgan fingerprint density at radius 3 is 2.74 bits per heavy atom. The summed E-state index contributed by atoms with van der Waals surface area (Å²) in [5.74, 6) is 0.122. The number of carbonyl (C=O) groups excluding carboxylic acids is 1. The number of anilines is 1. The summed E-state index contributed by atoms with van der Waals surface area (Å²) in [6, 6.07) is 17.2. The maximum atomic E-state index is 12.5. The summed E-state index contributed by atoms with van der Waals surface area (Å²) in [5, 5.41) is 14.3. The highest BCUT2D eigenvalue weighted by Crippen LogP contribution is 2.25. The predicted octanol–water partition coefficient (Wildman–Crippen LogP) is 4.20. The topological polar surface area (TPSA) is 68.0 Å². The lowest BCUT2D eigenvalue weighted by Crippen LogP contribution is -2.12. The van der Waals surface area contributed by atoms with Gasteiger partial charge in [0.15, 0.2) is 0 Å². The van der Waals surface area contributed by atoms with E-state index in [2.05, 4.69) is 15.5 Å². The zero-order valence-corrected chi connectivity index (χ0v) is 12.7. The third-order valence-corrected chi connectivity index (χ3v) is 4.27. The molecule has 0 aliphatic carbocycles. The fourth-order valence-electron chi connectivity index (χ4n) is 2.36. The van der Waals surface area contributed by atoms with Crippen LogP contribution in [0.15, 0.2) is 64.4 Å². The molecular formula is C17H11N3O2S. The van der Waals surface area contributed by atoms with Crippen molar-refractivity contribution in [2.75, 3.05) is 5.32 Å². The SMILES string of the molecule is O=C(Nc1nnc(-c2cccs2)o1)c1cccc2ccccc12. The first-order chi connectivity index (χ1) is 11.3. The van der Waals surface area contributed by atoms with Crippen LogP contribution in [-0.4, -0.2) is 16.1 Å². The summed E-state index contributed by atoms with van der Waals surface area (Å²) in [6.45, 7) is 0. The number of amides is 1. The zero-order chi connectivity index (χ0) is 15.6. The lowest BCUT2D eigenvalue weighted by molar-refractivity contribution is 0.102. The number of carbonyl (C=O) groups is 1. The highest BCUT2D eigenvalue weighted by molar-refractivity contribution is 7.13. The van der Waals surface area contributed by atoms with Crippen LogP contribution in [0.4, 0.5) is 6.01 Å². The van der Waals surface area contributed by atoms with E-state index in [9.17, 15) is 4.79 Å². The minimum atomic E-state index is -0.275. The number of fused-ring (bicyclic) bond motifs is 1. The molecule has 0 atom stereocenters. The molecule has 0 bridgehead atoms. The fourth-order valence-corrected chi connectivity index (χ4v) is 3.01. The van der Waals surface area contributed by atoms with Crippen molar-refractivity contribution in [1.29, 1.82) is 0 Å². The predicted molar refractivity (Wildman–Crippen MR) is 89.5 cm³/mol. The number of rotatable bonds is 3. The van der Waals surface area contributed by atoms with Gasteiger partial charge in [-0.05, 0) is 28.3 Å². The molecule has 1 N–H and O–H groups in total. The Bertz CT molecular complexity index is 971. The molecule has 0 unspecified atom stereocenters. The minimum absolute atomic E-state index is 0.0892. The molecule has 5 nitrogen and oxygen atoms in total. The molecule has 0 aliphatic heterocycles. The second-order valence-corrected chi connectivity index (χ2v) is 5.82. The summed E-state index contributed by atoms with van der Waals surface area (Å²) in [6.07, 6.45) is 0. The van der Waals surface area contributed by atoms with E-state index >= 15 is 0 Å². The van der Waals surface area contributed by atoms with Crippen molar-refractivity contribution in [3.63, 3.8) is 0 Å². The highest BCUT2D eigenvalue weighted by Gasteiger charge is 2.14. The lowest BCUT2D eigenvalue weighted by atomic mass is 10.0. The average Bonchev–Trinajstić information content (AvgIpc) is 3.25. The van der Waals surface area contributed by atoms with E-state index in [1.54, 1.807) is 6.07 Å². The third kappa shape index (κ3) is 2.60. The second-order valence-electron chi connectivity index (χ2n) is 4.87. The summed E-state index contributed by atoms with van der Waals surface area (Å²) in [5.41, 5.74) is 0.568. The van der Waals surface area contributed by atoms with Crippen LogP contribution in [0.25, 0.3) is 21.5 Å². The van der Waals surface area contributed by atoms with Crippen molar-refractivity contribution in [2.24, 2.45) is 0 Å². The molecule has 4 rings (SSSR count). The Hall–Kier alpha value is -2.99. The van der Waals surface area contributed by atoms with Crippen LogP contribution in [0.3, 0.4) is 0 Å². The minimum Gasteiger partial charge on any atom is -0.402 e. The molecule has 23 heavy (non-hydrogen) atoms. The molecule has 1 amide bonds. The van der Waals surface area contributed by atoms with Crippen LogP contribution in [-0.2, 0) is 0 Å². The average molecular weight is 321 g/mol. The molecule has 0 spiro atoms. The Morgan fingerprint density at radius 1 is 1.00 bits per heavy atom. The van der Waals surface area contributed by atoms with Crippen molar-refractivity contribution in [1.82, 2.24) is 10.2 Å². The number of nitrogens with one attached hydrogen (secondary N) is 1. The van der Waals surface area contributed by atoms with Crippen LogP contribution < -0.4 is 5.32 Å². The first-order valence-electron chi connectivity index (χ1n) is 6.98. The molecule has 0 fully saturated rings. The molecule has 0 aliphatic rings. The monoisotopic (exact) mass is 321 g/mol. The number of aromatic nitrogens is 2. The van der Waals surface area contributed by atoms with Crippen molar-refractivity contribution >= 4 is 34.0 Å². The number of benzene rings is 2. The number of hydrogen-bond acceptors (Lipinski definition) is 5. The van der Waals surface area contributed by atoms with Gasteiger partial charge in [-0.3, -0.25) is 10.1 Å². The molecule has 2 heterocycles. The maximum Gasteiger partial charge on any atom is 0.322 e. The smallest absolute Gasteiger partial charge is 0.322 e. The Morgan fingerprint density at radius 2 is 1.87 bits per heavy atom. The fraction of sp³-hybridized carbons (Fsp3) is 0. The number of hydrogen-bond donors (Lipinski definition) is 1. The van der Waals surface area contributed by atoms with Gasteiger partial charge in [0.25, 0.3) is 11.8 Å². The largest absolute Gasteiger partial charge is 0.402 e. The van der Waals surface area contributed by atoms with Crippen LogP contribution in [0.5, 0.6) is 0 Å². The van der Waals surface area contributed by atoms with Gasteiger partial charge in [0.1, 0.15) is 0 Å². The van der Waals surface area contributed by atoms with E-state index in [0.29, 0.717) is 11.5 Å². The van der Waals surface area contributed by atoms with E-state index in [4.69, 9.17) is 4.42 Å². The Kier molecular flexibility index (Phi) is 3.36. The van der Waals surface area contributed by atoms with Gasteiger partial charge >= 0.3 is 6.01 Å². The molecule has 0 radical (unpaired) electrons. The van der Waals surface area contributed by atoms with Crippen LogP contribution >= 0.6 is 11.3 Å². The van der Waals surface area contributed by atoms with E-state index in [1.165, 1.54) is 11.3 Å². The summed E-state index contributed by atoms with van der Waals surface area (Å²) in [7, 11) is 0. The molecule has 2 aromatic heterocycles. The second kappa shape index (κ2) is 5.66. The van der Waals surface area contributed by atoms with Gasteiger partial charge < -0.3 is 4.42 Å². The van der Waals surface area contributed by atoms with Gasteiger partial charge in [-0.25, -0.2) is 0 Å². The Labute approximate surface area is 135 Å². The van der Waals surface area contributed by atoms with Crippen LogP contribution in [0.2, 0.25) is 0 Å². The lowest BCUT2D eigenvalue weighted by Gasteiger charge is -2.05. The molecule has 0 saturated heterocycles. The van der Waals surface area contributed by atoms with E-state index in [-0.39, 0.29) is 11.9 Å². The van der Waals surface area contributed by atoms with E-state index in [1.807, 2.05) is 53.9 Å². The highest BCUT2D eigenvalue weighted by atomic mass is 32.1. The molecule has 112 valence electrons. The normalized spacial score (nSPS) is 10.8. The van der Waals surface area contributed by atoms with Crippen LogP contribution in [0, 0.1) is 0 Å².